The van der Waals surface area contributed by atoms with Crippen LogP contribution in [0.15, 0.2) is 205 Å². The molecule has 5 aliphatic carbocycles. The molecule has 0 heteroatoms. The summed E-state index contributed by atoms with van der Waals surface area (Å²) in [5, 5.41) is 5.62. The number of rotatable bonds is 6. The van der Waals surface area contributed by atoms with Gasteiger partial charge >= 0.3 is 0 Å². The van der Waals surface area contributed by atoms with Gasteiger partial charge in [0.1, 0.15) is 0 Å². The number of benzene rings is 10. The van der Waals surface area contributed by atoms with Crippen LogP contribution < -0.4 is 0 Å². The van der Waals surface area contributed by atoms with Crippen molar-refractivity contribution in [2.45, 2.75) is 86.5 Å². The summed E-state index contributed by atoms with van der Waals surface area (Å²) in [4.78, 5) is 0. The van der Waals surface area contributed by atoms with E-state index < -0.39 is 0 Å². The maximum absolute atomic E-state index is 2.51. The Hall–Kier alpha value is -8.32. The summed E-state index contributed by atoms with van der Waals surface area (Å²) in [6.45, 7) is 18.8. The highest BCUT2D eigenvalue weighted by molar-refractivity contribution is 6.09. The molecule has 0 N–H and O–H groups in total. The monoisotopic (exact) mass is 1010 g/mol. The average Bonchev–Trinajstić information content (AvgIpc) is 3.70. The Bertz CT molecular complexity index is 4370. The van der Waals surface area contributed by atoms with Gasteiger partial charge in [0.25, 0.3) is 0 Å². The second kappa shape index (κ2) is 17.3. The molecule has 0 saturated heterocycles. The van der Waals surface area contributed by atoms with Crippen LogP contribution in [0.2, 0.25) is 0 Å². The van der Waals surface area contributed by atoms with E-state index in [1.165, 1.54) is 166 Å². The molecule has 0 saturated carbocycles. The molecular formula is C79H66. The molecule has 0 bridgehead atoms. The van der Waals surface area contributed by atoms with E-state index in [1.807, 2.05) is 0 Å². The Balaban J connectivity index is 0.648. The quantitative estimate of drug-likeness (QED) is 0.156. The first-order chi connectivity index (χ1) is 38.1. The first-order valence-electron chi connectivity index (χ1n) is 28.8. The summed E-state index contributed by atoms with van der Waals surface area (Å²) in [5.41, 5.74) is 35.4. The fraction of sp³-hybridized carbons (Fsp3) is 0.190. The van der Waals surface area contributed by atoms with Crippen LogP contribution in [-0.2, 0) is 18.3 Å². The Morgan fingerprint density at radius 3 is 1.25 bits per heavy atom. The van der Waals surface area contributed by atoms with E-state index >= 15 is 0 Å². The van der Waals surface area contributed by atoms with Crippen LogP contribution in [0.5, 0.6) is 0 Å². The summed E-state index contributed by atoms with van der Waals surface area (Å²) in [7, 11) is 0. The SMILES string of the molecule is CC(C)(C)C1=Cc2ccc3ccc(-c4ccc(-c5ccc(-c6ccc7c(c6)C(C)(C)c6cc(-c8ccc(-c9ccc(-c%10ccc%11c%12c%13c(ccc%10%12)C=C(C(C)(C)C)CC%13=CC%11)cc9)cc8)ccc6-7)cc5)cc4)c4c3c2C(=CC4)C1. The minimum Gasteiger partial charge on any atom is -0.0759 e. The lowest BCUT2D eigenvalue weighted by atomic mass is 9.72. The normalized spacial score (nSPS) is 15.5. The predicted molar refractivity (Wildman–Crippen MR) is 339 cm³/mol. The predicted octanol–water partition coefficient (Wildman–Crippen LogP) is 21.8. The Kier molecular flexibility index (Phi) is 10.5. The van der Waals surface area contributed by atoms with Gasteiger partial charge in [-0.25, -0.2) is 0 Å². The fourth-order valence-electron chi connectivity index (χ4n) is 14.2. The fourth-order valence-corrected chi connectivity index (χ4v) is 14.2. The van der Waals surface area contributed by atoms with Gasteiger partial charge in [-0.05, 0) is 204 Å². The van der Waals surface area contributed by atoms with Gasteiger partial charge in [-0.3, -0.25) is 0 Å². The molecule has 0 aromatic heterocycles. The molecule has 382 valence electrons. The first-order valence-corrected chi connectivity index (χ1v) is 28.8. The molecule has 0 nitrogen and oxygen atoms in total. The topological polar surface area (TPSA) is 0 Å². The molecule has 10 aromatic carbocycles. The van der Waals surface area contributed by atoms with Crippen LogP contribution in [0.4, 0.5) is 0 Å². The van der Waals surface area contributed by atoms with Crippen molar-refractivity contribution in [2.75, 3.05) is 0 Å². The molecule has 0 heterocycles. The molecule has 0 unspecified atom stereocenters. The van der Waals surface area contributed by atoms with Crippen LogP contribution in [-0.4, -0.2) is 0 Å². The minimum atomic E-state index is -0.137. The lowest BCUT2D eigenvalue weighted by Gasteiger charge is -2.32. The molecule has 5 aliphatic rings. The van der Waals surface area contributed by atoms with E-state index in [2.05, 4.69) is 262 Å². The zero-order valence-corrected chi connectivity index (χ0v) is 47.0. The van der Waals surface area contributed by atoms with Crippen molar-refractivity contribution in [1.82, 2.24) is 0 Å². The summed E-state index contributed by atoms with van der Waals surface area (Å²) in [5.74, 6) is 0. The van der Waals surface area contributed by atoms with Gasteiger partial charge in [0, 0.05) is 5.41 Å². The van der Waals surface area contributed by atoms with Crippen LogP contribution in [0.1, 0.15) is 113 Å². The highest BCUT2D eigenvalue weighted by atomic mass is 14.4. The van der Waals surface area contributed by atoms with Gasteiger partial charge in [-0.1, -0.05) is 261 Å². The summed E-state index contributed by atoms with van der Waals surface area (Å²) >= 11 is 0. The zero-order valence-electron chi connectivity index (χ0n) is 47.0. The lowest BCUT2D eigenvalue weighted by Crippen LogP contribution is -2.15. The van der Waals surface area contributed by atoms with E-state index in [4.69, 9.17) is 0 Å². The molecule has 0 aliphatic heterocycles. The smallest absolute Gasteiger partial charge is 0.0159 e. The number of fused-ring (bicyclic) bond motifs is 3. The standard InChI is InChI=1S/C79H66/c1-77(2,3)63-41-59-27-25-55-29-35-65(69-39-33-61(43-63)73(59)75(55)69)53-21-17-49(18-22-53)47-9-13-51(14-10-47)57-31-37-67-68-38-32-58(46-72(68)79(7,8)71(67)45-57)52-15-11-48(12-16-52)50-19-23-54(24-20-50)66-36-30-56-26-28-60-42-64(78(4,5)6)44-62-34-40-70(66)76(56)74(60)62/h9-25,27-38,40-41,44-46H,26,39,42-43H2,1-8H3. The number of hydrogen-bond donors (Lipinski definition) is 0. The van der Waals surface area contributed by atoms with E-state index in [1.54, 1.807) is 0 Å². The highest BCUT2D eigenvalue weighted by Crippen LogP contribution is 2.53. The molecule has 0 fully saturated rings. The van der Waals surface area contributed by atoms with Crippen LogP contribution >= 0.6 is 0 Å². The Labute approximate surface area is 467 Å². The number of hydrogen-bond acceptors (Lipinski definition) is 0. The second-order valence-electron chi connectivity index (χ2n) is 26.0. The molecule has 79 heavy (non-hydrogen) atoms. The largest absolute Gasteiger partial charge is 0.0759 e. The zero-order chi connectivity index (χ0) is 53.7. The van der Waals surface area contributed by atoms with Crippen LogP contribution in [0.3, 0.4) is 0 Å². The van der Waals surface area contributed by atoms with Crippen LogP contribution in [0.25, 0.3) is 123 Å². The second-order valence-corrected chi connectivity index (χ2v) is 26.0. The lowest BCUT2D eigenvalue weighted by molar-refractivity contribution is 0.498. The molecule has 0 radical (unpaired) electrons. The van der Waals surface area contributed by atoms with Crippen molar-refractivity contribution in [1.29, 1.82) is 0 Å². The summed E-state index contributed by atoms with van der Waals surface area (Å²) in [6.07, 6.45) is 14.0. The van der Waals surface area contributed by atoms with Gasteiger partial charge in [-0.15, -0.1) is 0 Å². The molecule has 0 atom stereocenters. The first kappa shape index (κ1) is 47.9. The average molecular weight is 1020 g/mol. The van der Waals surface area contributed by atoms with E-state index in [9.17, 15) is 0 Å². The van der Waals surface area contributed by atoms with Crippen molar-refractivity contribution in [3.05, 3.63) is 250 Å². The molecule has 0 spiro atoms. The van der Waals surface area contributed by atoms with E-state index in [0.717, 1.165) is 25.7 Å². The highest BCUT2D eigenvalue weighted by Gasteiger charge is 2.36. The van der Waals surface area contributed by atoms with E-state index in [-0.39, 0.29) is 16.2 Å². The minimum absolute atomic E-state index is 0.137. The maximum Gasteiger partial charge on any atom is 0.0159 e. The van der Waals surface area contributed by atoms with Gasteiger partial charge in [-0.2, -0.15) is 0 Å². The van der Waals surface area contributed by atoms with E-state index in [0.29, 0.717) is 0 Å². The van der Waals surface area contributed by atoms with Gasteiger partial charge < -0.3 is 0 Å². The third-order valence-corrected chi connectivity index (χ3v) is 18.9. The molecule has 15 rings (SSSR count). The van der Waals surface area contributed by atoms with Crippen molar-refractivity contribution < 1.29 is 0 Å². The van der Waals surface area contributed by atoms with Gasteiger partial charge in [0.2, 0.25) is 0 Å². The van der Waals surface area contributed by atoms with Crippen LogP contribution in [0, 0.1) is 10.8 Å². The van der Waals surface area contributed by atoms with Crippen molar-refractivity contribution in [2.24, 2.45) is 10.8 Å². The molecule has 10 aromatic rings. The summed E-state index contributed by atoms with van der Waals surface area (Å²) in [6, 6.07) is 69.9. The molecular weight excluding hydrogens is 949 g/mol. The Morgan fingerprint density at radius 1 is 0.354 bits per heavy atom. The maximum atomic E-state index is 2.51. The third-order valence-electron chi connectivity index (χ3n) is 18.9. The van der Waals surface area contributed by atoms with Crippen molar-refractivity contribution >= 4 is 44.8 Å². The summed E-state index contributed by atoms with van der Waals surface area (Å²) < 4.78 is 0. The number of allylic oxidation sites excluding steroid dienone is 6. The van der Waals surface area contributed by atoms with Gasteiger partial charge in [0.15, 0.2) is 0 Å². The third kappa shape index (κ3) is 7.69. The molecule has 0 amide bonds. The Morgan fingerprint density at radius 2 is 0.747 bits per heavy atom. The van der Waals surface area contributed by atoms with Crippen molar-refractivity contribution in [3.63, 3.8) is 0 Å². The van der Waals surface area contributed by atoms with Crippen molar-refractivity contribution in [3.8, 4) is 77.9 Å². The van der Waals surface area contributed by atoms with Gasteiger partial charge in [0.05, 0.1) is 0 Å².